The largest absolute Gasteiger partial charge is 0.480 e. The van der Waals surface area contributed by atoms with Crippen molar-refractivity contribution in [3.63, 3.8) is 0 Å². The fraction of sp³-hybridized carbons (Fsp3) is 0.423. The number of hydrogen-bond acceptors (Lipinski definition) is 4. The highest BCUT2D eigenvalue weighted by Crippen LogP contribution is 2.32. The number of amides is 2. The van der Waals surface area contributed by atoms with Crippen LogP contribution in [0.2, 0.25) is 0 Å². The van der Waals surface area contributed by atoms with Gasteiger partial charge in [-0.05, 0) is 63.4 Å². The topological polar surface area (TPSA) is 104 Å². The summed E-state index contributed by atoms with van der Waals surface area (Å²) < 4.78 is 27.8. The van der Waals surface area contributed by atoms with Gasteiger partial charge >= 0.3 is 5.97 Å². The van der Waals surface area contributed by atoms with E-state index in [1.165, 1.54) is 24.8 Å². The molecule has 2 aromatic carbocycles. The minimum Gasteiger partial charge on any atom is -0.480 e. The SMILES string of the molecule is CC(C)(C(=O)O)N1CC(=O)N(Cc2ccc(F)cc2F)c2ccc(CCCCCCN)cc2C1=O. The summed E-state index contributed by atoms with van der Waals surface area (Å²) in [4.78, 5) is 41.0. The number of nitrogens with two attached hydrogens (primary N) is 1. The van der Waals surface area contributed by atoms with Crippen molar-refractivity contribution in [2.45, 2.75) is 58.0 Å². The van der Waals surface area contributed by atoms with E-state index in [0.29, 0.717) is 13.0 Å². The summed E-state index contributed by atoms with van der Waals surface area (Å²) >= 11 is 0. The molecule has 188 valence electrons. The highest BCUT2D eigenvalue weighted by Gasteiger charge is 2.43. The van der Waals surface area contributed by atoms with E-state index in [1.54, 1.807) is 12.1 Å². The number of unbranched alkanes of at least 4 members (excludes halogenated alkanes) is 3. The summed E-state index contributed by atoms with van der Waals surface area (Å²) in [5.41, 5.74) is 5.27. The predicted octanol–water partition coefficient (Wildman–Crippen LogP) is 3.88. The molecule has 1 heterocycles. The maximum Gasteiger partial charge on any atom is 0.329 e. The third-order valence-electron chi connectivity index (χ3n) is 6.38. The Hall–Kier alpha value is -3.33. The molecule has 0 spiro atoms. The molecule has 0 radical (unpaired) electrons. The predicted molar refractivity (Wildman–Crippen MR) is 128 cm³/mol. The number of carbonyl (C=O) groups is 3. The summed E-state index contributed by atoms with van der Waals surface area (Å²) in [7, 11) is 0. The van der Waals surface area contributed by atoms with Gasteiger partial charge in [0.1, 0.15) is 23.7 Å². The Morgan fingerprint density at radius 3 is 2.43 bits per heavy atom. The van der Waals surface area contributed by atoms with E-state index in [1.807, 2.05) is 6.07 Å². The van der Waals surface area contributed by atoms with Crippen LogP contribution in [0, 0.1) is 11.6 Å². The number of rotatable bonds is 10. The van der Waals surface area contributed by atoms with Crippen LogP contribution >= 0.6 is 0 Å². The van der Waals surface area contributed by atoms with Gasteiger partial charge < -0.3 is 20.6 Å². The number of carboxylic acid groups (broad SMARTS) is 1. The molecular formula is C26H31F2N3O4. The molecule has 2 aromatic rings. The third-order valence-corrected chi connectivity index (χ3v) is 6.38. The maximum absolute atomic E-state index is 14.4. The molecule has 9 heteroatoms. The molecule has 0 aliphatic carbocycles. The Morgan fingerprint density at radius 2 is 1.77 bits per heavy atom. The first-order valence-electron chi connectivity index (χ1n) is 11.7. The zero-order valence-electron chi connectivity index (χ0n) is 20.0. The first kappa shape index (κ1) is 26.3. The van der Waals surface area contributed by atoms with Gasteiger partial charge in [-0.3, -0.25) is 9.59 Å². The van der Waals surface area contributed by atoms with E-state index in [9.17, 15) is 28.3 Å². The van der Waals surface area contributed by atoms with Gasteiger partial charge in [-0.15, -0.1) is 0 Å². The zero-order valence-corrected chi connectivity index (χ0v) is 20.0. The van der Waals surface area contributed by atoms with Crippen LogP contribution < -0.4 is 10.6 Å². The lowest BCUT2D eigenvalue weighted by Crippen LogP contribution is -2.55. The number of halogens is 2. The molecule has 0 unspecified atom stereocenters. The molecule has 1 aliphatic heterocycles. The van der Waals surface area contributed by atoms with Crippen LogP contribution in [0.4, 0.5) is 14.5 Å². The number of carboxylic acids is 1. The Morgan fingerprint density at radius 1 is 1.06 bits per heavy atom. The van der Waals surface area contributed by atoms with Gasteiger partial charge in [0.2, 0.25) is 5.91 Å². The van der Waals surface area contributed by atoms with Crippen molar-refractivity contribution in [3.8, 4) is 0 Å². The summed E-state index contributed by atoms with van der Waals surface area (Å²) in [6.07, 6.45) is 4.52. The summed E-state index contributed by atoms with van der Waals surface area (Å²) in [5, 5.41) is 9.73. The molecule has 0 saturated carbocycles. The molecule has 0 bridgehead atoms. The second-order valence-corrected chi connectivity index (χ2v) is 9.28. The number of benzene rings is 2. The fourth-order valence-electron chi connectivity index (χ4n) is 4.11. The van der Waals surface area contributed by atoms with Crippen molar-refractivity contribution in [3.05, 3.63) is 64.7 Å². The monoisotopic (exact) mass is 487 g/mol. The number of fused-ring (bicyclic) bond motifs is 1. The summed E-state index contributed by atoms with van der Waals surface area (Å²) in [6, 6.07) is 8.21. The molecule has 1 aliphatic rings. The van der Waals surface area contributed by atoms with E-state index in [0.717, 1.165) is 48.3 Å². The van der Waals surface area contributed by atoms with Gasteiger partial charge in [0.25, 0.3) is 5.91 Å². The third kappa shape index (κ3) is 5.85. The summed E-state index contributed by atoms with van der Waals surface area (Å²) in [5.74, 6) is -3.96. The first-order valence-corrected chi connectivity index (χ1v) is 11.7. The molecule has 3 N–H and O–H groups in total. The Bertz CT molecular complexity index is 1120. The Balaban J connectivity index is 2.01. The second kappa shape index (κ2) is 10.9. The van der Waals surface area contributed by atoms with Crippen molar-refractivity contribution < 1.29 is 28.3 Å². The molecule has 0 atom stereocenters. The molecule has 0 saturated heterocycles. The van der Waals surface area contributed by atoms with Gasteiger partial charge in [0.05, 0.1) is 17.8 Å². The Labute approximate surface area is 203 Å². The average Bonchev–Trinajstić information content (AvgIpc) is 2.90. The van der Waals surface area contributed by atoms with Crippen LogP contribution in [0.15, 0.2) is 36.4 Å². The zero-order chi connectivity index (χ0) is 25.8. The van der Waals surface area contributed by atoms with E-state index in [2.05, 4.69) is 0 Å². The number of hydrogen-bond donors (Lipinski definition) is 2. The number of carbonyl (C=O) groups excluding carboxylic acids is 2. The molecule has 7 nitrogen and oxygen atoms in total. The van der Waals surface area contributed by atoms with E-state index >= 15 is 0 Å². The lowest BCUT2D eigenvalue weighted by atomic mass is 9.99. The van der Waals surface area contributed by atoms with Crippen LogP contribution in [0.1, 0.15) is 61.0 Å². The van der Waals surface area contributed by atoms with Gasteiger partial charge in [-0.25, -0.2) is 13.6 Å². The normalized spacial score (nSPS) is 14.2. The van der Waals surface area contributed by atoms with Crippen LogP contribution in [0.25, 0.3) is 0 Å². The maximum atomic E-state index is 14.4. The minimum absolute atomic E-state index is 0.0769. The molecule has 0 fully saturated rings. The molecule has 0 aromatic heterocycles. The highest BCUT2D eigenvalue weighted by atomic mass is 19.1. The first-order chi connectivity index (χ1) is 16.6. The van der Waals surface area contributed by atoms with E-state index in [-0.39, 0.29) is 23.4 Å². The number of aryl methyl sites for hydroxylation is 1. The van der Waals surface area contributed by atoms with E-state index in [4.69, 9.17) is 5.73 Å². The van der Waals surface area contributed by atoms with Crippen molar-refractivity contribution in [2.75, 3.05) is 18.0 Å². The molecule has 3 rings (SSSR count). The quantitative estimate of drug-likeness (QED) is 0.495. The van der Waals surface area contributed by atoms with E-state index < -0.39 is 41.5 Å². The van der Waals surface area contributed by atoms with Gasteiger partial charge in [0.15, 0.2) is 0 Å². The van der Waals surface area contributed by atoms with Crippen LogP contribution in [0.3, 0.4) is 0 Å². The van der Waals surface area contributed by atoms with Gasteiger partial charge in [-0.2, -0.15) is 0 Å². The van der Waals surface area contributed by atoms with Crippen molar-refractivity contribution in [1.29, 1.82) is 0 Å². The minimum atomic E-state index is -1.65. The van der Waals surface area contributed by atoms with Gasteiger partial charge in [-0.1, -0.05) is 25.0 Å². The molecule has 35 heavy (non-hydrogen) atoms. The van der Waals surface area contributed by atoms with Crippen molar-refractivity contribution in [2.24, 2.45) is 5.73 Å². The number of anilines is 1. The highest BCUT2D eigenvalue weighted by molar-refractivity contribution is 6.11. The number of nitrogens with zero attached hydrogens (tertiary/aromatic N) is 2. The second-order valence-electron chi connectivity index (χ2n) is 9.28. The molecule has 2 amide bonds. The summed E-state index contributed by atoms with van der Waals surface area (Å²) in [6.45, 7) is 2.63. The number of aliphatic carboxylic acids is 1. The standard InChI is InChI=1S/C26H31F2N3O4/c1-26(2,25(34)35)31-16-23(32)30(15-18-9-10-19(27)14-21(18)28)22-11-8-17(13-20(22)24(31)33)7-5-3-4-6-12-29/h8-11,13-14H,3-7,12,15-16,29H2,1-2H3,(H,34,35). The molecular weight excluding hydrogens is 456 g/mol. The van der Waals surface area contributed by atoms with Gasteiger partial charge in [0, 0.05) is 11.6 Å². The van der Waals surface area contributed by atoms with Crippen molar-refractivity contribution in [1.82, 2.24) is 4.90 Å². The Kier molecular flexibility index (Phi) is 8.22. The lowest BCUT2D eigenvalue weighted by molar-refractivity contribution is -0.148. The van der Waals surface area contributed by atoms with Crippen LogP contribution in [0.5, 0.6) is 0 Å². The van der Waals surface area contributed by atoms with Crippen LogP contribution in [-0.2, 0) is 22.6 Å². The average molecular weight is 488 g/mol. The fourth-order valence-corrected chi connectivity index (χ4v) is 4.11. The lowest BCUT2D eigenvalue weighted by Gasteiger charge is -2.33. The van der Waals surface area contributed by atoms with Crippen LogP contribution in [-0.4, -0.2) is 46.4 Å². The van der Waals surface area contributed by atoms with Crippen molar-refractivity contribution >= 4 is 23.5 Å². The smallest absolute Gasteiger partial charge is 0.329 e.